The maximum Gasteiger partial charge on any atom is 0.119 e. The minimum absolute atomic E-state index is 0.0870. The van der Waals surface area contributed by atoms with Crippen LogP contribution in [-0.4, -0.2) is 26.7 Å². The summed E-state index contributed by atoms with van der Waals surface area (Å²) in [5, 5.41) is 3.35. The van der Waals surface area contributed by atoms with Crippen molar-refractivity contribution in [3.63, 3.8) is 0 Å². The number of hydrogen-bond acceptors (Lipinski definition) is 3. The molecule has 0 aliphatic rings. The zero-order valence-electron chi connectivity index (χ0n) is 10.4. The Kier molecular flexibility index (Phi) is 4.77. The molecule has 3 nitrogen and oxygen atoms in total. The number of hydrogen-bond donors (Lipinski definition) is 2. The van der Waals surface area contributed by atoms with E-state index in [1.807, 2.05) is 12.1 Å². The van der Waals surface area contributed by atoms with Crippen LogP contribution in [0.1, 0.15) is 19.4 Å². The fourth-order valence-corrected chi connectivity index (χ4v) is 1.65. The molecular weight excluding hydrogens is 200 g/mol. The van der Waals surface area contributed by atoms with Gasteiger partial charge in [0.2, 0.25) is 0 Å². The van der Waals surface area contributed by atoms with E-state index in [0.717, 1.165) is 18.8 Å². The lowest BCUT2D eigenvalue weighted by Crippen LogP contribution is -2.35. The second kappa shape index (κ2) is 5.87. The number of rotatable bonds is 6. The summed E-state index contributed by atoms with van der Waals surface area (Å²) in [4.78, 5) is 0. The summed E-state index contributed by atoms with van der Waals surface area (Å²) in [5.74, 6) is 0.907. The van der Waals surface area contributed by atoms with Gasteiger partial charge in [-0.25, -0.2) is 0 Å². The number of nitrogens with one attached hydrogen (secondary N) is 1. The maximum atomic E-state index is 5.46. The van der Waals surface area contributed by atoms with Gasteiger partial charge in [0.1, 0.15) is 5.75 Å². The zero-order chi connectivity index (χ0) is 12.0. The van der Waals surface area contributed by atoms with E-state index >= 15 is 0 Å². The molecule has 0 unspecified atom stereocenters. The minimum atomic E-state index is 0.0870. The van der Waals surface area contributed by atoms with Crippen molar-refractivity contribution in [2.45, 2.75) is 19.3 Å². The first-order chi connectivity index (χ1) is 7.60. The summed E-state index contributed by atoms with van der Waals surface area (Å²) >= 11 is 0. The highest BCUT2D eigenvalue weighted by molar-refractivity contribution is 5.33. The number of nitrogens with two attached hydrogens (primary N) is 1. The first kappa shape index (κ1) is 13.0. The van der Waals surface area contributed by atoms with Gasteiger partial charge in [-0.2, -0.15) is 0 Å². The predicted molar refractivity (Wildman–Crippen MR) is 67.9 cm³/mol. The van der Waals surface area contributed by atoms with Gasteiger partial charge >= 0.3 is 0 Å². The summed E-state index contributed by atoms with van der Waals surface area (Å²) in [6.07, 6.45) is 0. The molecule has 0 aliphatic carbocycles. The molecule has 1 aromatic rings. The Balaban J connectivity index is 2.72. The molecule has 90 valence electrons. The Hall–Kier alpha value is -1.06. The topological polar surface area (TPSA) is 47.3 Å². The van der Waals surface area contributed by atoms with Crippen molar-refractivity contribution in [2.75, 3.05) is 26.7 Å². The van der Waals surface area contributed by atoms with Crippen molar-refractivity contribution in [1.29, 1.82) is 0 Å². The van der Waals surface area contributed by atoms with Gasteiger partial charge in [-0.05, 0) is 17.7 Å². The third kappa shape index (κ3) is 3.51. The molecule has 0 atom stereocenters. The average molecular weight is 222 g/mol. The van der Waals surface area contributed by atoms with Gasteiger partial charge in [-0.15, -0.1) is 0 Å². The SMILES string of the molecule is COc1cccc(C(C)(C)CNCCN)c1. The fraction of sp³-hybridized carbons (Fsp3) is 0.538. The molecule has 3 heteroatoms. The summed E-state index contributed by atoms with van der Waals surface area (Å²) in [7, 11) is 1.69. The Bertz CT molecular complexity index is 323. The molecule has 0 aliphatic heterocycles. The highest BCUT2D eigenvalue weighted by Crippen LogP contribution is 2.25. The Morgan fingerprint density at radius 2 is 2.12 bits per heavy atom. The Morgan fingerprint density at radius 1 is 1.38 bits per heavy atom. The monoisotopic (exact) mass is 222 g/mol. The molecule has 0 fully saturated rings. The van der Waals surface area contributed by atoms with E-state index in [-0.39, 0.29) is 5.41 Å². The van der Waals surface area contributed by atoms with Gasteiger partial charge in [0.25, 0.3) is 0 Å². The summed E-state index contributed by atoms with van der Waals surface area (Å²) in [5.41, 5.74) is 6.82. The van der Waals surface area contributed by atoms with E-state index < -0.39 is 0 Å². The van der Waals surface area contributed by atoms with E-state index in [4.69, 9.17) is 10.5 Å². The van der Waals surface area contributed by atoms with Crippen molar-refractivity contribution in [3.05, 3.63) is 29.8 Å². The lowest BCUT2D eigenvalue weighted by molar-refractivity contribution is 0.410. The van der Waals surface area contributed by atoms with Crippen LogP contribution < -0.4 is 15.8 Å². The highest BCUT2D eigenvalue weighted by Gasteiger charge is 2.20. The summed E-state index contributed by atoms with van der Waals surface area (Å²) in [6.45, 7) is 6.87. The largest absolute Gasteiger partial charge is 0.497 e. The Labute approximate surface area is 98.0 Å². The van der Waals surface area contributed by atoms with Gasteiger partial charge in [0.05, 0.1) is 7.11 Å². The molecule has 0 heterocycles. The zero-order valence-corrected chi connectivity index (χ0v) is 10.4. The molecule has 0 bridgehead atoms. The molecule has 0 saturated carbocycles. The molecule has 16 heavy (non-hydrogen) atoms. The highest BCUT2D eigenvalue weighted by atomic mass is 16.5. The van der Waals surface area contributed by atoms with Crippen LogP contribution >= 0.6 is 0 Å². The van der Waals surface area contributed by atoms with Crippen molar-refractivity contribution in [1.82, 2.24) is 5.32 Å². The first-order valence-corrected chi connectivity index (χ1v) is 5.65. The second-order valence-corrected chi connectivity index (χ2v) is 4.58. The van der Waals surface area contributed by atoms with Crippen LogP contribution in [0.2, 0.25) is 0 Å². The summed E-state index contributed by atoms with van der Waals surface area (Å²) in [6, 6.07) is 8.21. The molecule has 0 saturated heterocycles. The normalized spacial score (nSPS) is 11.5. The smallest absolute Gasteiger partial charge is 0.119 e. The molecule has 1 rings (SSSR count). The van der Waals surface area contributed by atoms with E-state index in [9.17, 15) is 0 Å². The molecule has 0 amide bonds. The molecule has 0 spiro atoms. The van der Waals surface area contributed by atoms with Gasteiger partial charge < -0.3 is 15.8 Å². The van der Waals surface area contributed by atoms with Crippen LogP contribution in [0.5, 0.6) is 5.75 Å². The summed E-state index contributed by atoms with van der Waals surface area (Å²) < 4.78 is 5.24. The van der Waals surface area contributed by atoms with Crippen LogP contribution in [0, 0.1) is 0 Å². The minimum Gasteiger partial charge on any atom is -0.497 e. The lowest BCUT2D eigenvalue weighted by Gasteiger charge is -2.26. The van der Waals surface area contributed by atoms with Crippen LogP contribution in [0.4, 0.5) is 0 Å². The molecule has 3 N–H and O–H groups in total. The van der Waals surface area contributed by atoms with Gasteiger partial charge in [0.15, 0.2) is 0 Å². The number of ether oxygens (including phenoxy) is 1. The van der Waals surface area contributed by atoms with Gasteiger partial charge in [0, 0.05) is 25.0 Å². The quantitative estimate of drug-likeness (QED) is 0.717. The van der Waals surface area contributed by atoms with Crippen molar-refractivity contribution >= 4 is 0 Å². The molecule has 0 radical (unpaired) electrons. The molecule has 0 aromatic heterocycles. The number of benzene rings is 1. The second-order valence-electron chi connectivity index (χ2n) is 4.58. The first-order valence-electron chi connectivity index (χ1n) is 5.65. The molecule has 1 aromatic carbocycles. The van der Waals surface area contributed by atoms with Crippen molar-refractivity contribution < 1.29 is 4.74 Å². The molecular formula is C13H22N2O. The fourth-order valence-electron chi connectivity index (χ4n) is 1.65. The van der Waals surface area contributed by atoms with E-state index in [1.165, 1.54) is 5.56 Å². The third-order valence-corrected chi connectivity index (χ3v) is 2.74. The van der Waals surface area contributed by atoms with Gasteiger partial charge in [-0.1, -0.05) is 26.0 Å². The van der Waals surface area contributed by atoms with E-state index in [1.54, 1.807) is 7.11 Å². The van der Waals surface area contributed by atoms with Crippen LogP contribution in [0.3, 0.4) is 0 Å². The van der Waals surface area contributed by atoms with E-state index in [2.05, 4.69) is 31.3 Å². The maximum absolute atomic E-state index is 5.46. The van der Waals surface area contributed by atoms with Crippen LogP contribution in [0.25, 0.3) is 0 Å². The third-order valence-electron chi connectivity index (χ3n) is 2.74. The van der Waals surface area contributed by atoms with Crippen molar-refractivity contribution in [3.8, 4) is 5.75 Å². The van der Waals surface area contributed by atoms with Crippen molar-refractivity contribution in [2.24, 2.45) is 5.73 Å². The predicted octanol–water partition coefficient (Wildman–Crippen LogP) is 1.52. The lowest BCUT2D eigenvalue weighted by atomic mass is 9.84. The van der Waals surface area contributed by atoms with Crippen LogP contribution in [0.15, 0.2) is 24.3 Å². The van der Waals surface area contributed by atoms with E-state index in [0.29, 0.717) is 6.54 Å². The van der Waals surface area contributed by atoms with Crippen LogP contribution in [-0.2, 0) is 5.41 Å². The average Bonchev–Trinajstić information content (AvgIpc) is 2.29. The van der Waals surface area contributed by atoms with Gasteiger partial charge in [-0.3, -0.25) is 0 Å². The number of methoxy groups -OCH3 is 1. The Morgan fingerprint density at radius 3 is 2.75 bits per heavy atom. The standard InChI is InChI=1S/C13H22N2O/c1-13(2,10-15-8-7-14)11-5-4-6-12(9-11)16-3/h4-6,9,15H,7-8,10,14H2,1-3H3.